The summed E-state index contributed by atoms with van der Waals surface area (Å²) >= 11 is 15.8. The Morgan fingerprint density at radius 1 is 0.824 bits per heavy atom. The standard InChI is InChI=1S/C6H2Br5NO4S/c7-1-2(8)4(10)6(5(11)3(1)9)12(13)17(14,15)16/h13H,(H,14,15,16). The van der Waals surface area contributed by atoms with Gasteiger partial charge in [0.25, 0.3) is 0 Å². The molecule has 0 unspecified atom stereocenters. The van der Waals surface area contributed by atoms with E-state index in [4.69, 9.17) is 4.55 Å². The van der Waals surface area contributed by atoms with E-state index in [1.54, 1.807) is 0 Å². The van der Waals surface area contributed by atoms with Crippen molar-refractivity contribution in [1.29, 1.82) is 0 Å². The van der Waals surface area contributed by atoms with E-state index >= 15 is 0 Å². The van der Waals surface area contributed by atoms with Crippen LogP contribution in [0.25, 0.3) is 0 Å². The van der Waals surface area contributed by atoms with Gasteiger partial charge in [-0.1, -0.05) is 0 Å². The van der Waals surface area contributed by atoms with Gasteiger partial charge >= 0.3 is 10.3 Å². The highest BCUT2D eigenvalue weighted by Crippen LogP contribution is 2.48. The van der Waals surface area contributed by atoms with Gasteiger partial charge < -0.3 is 0 Å². The number of nitrogens with zero attached hydrogens (tertiary/aromatic N) is 1. The quantitative estimate of drug-likeness (QED) is 0.233. The zero-order chi connectivity index (χ0) is 13.5. The Morgan fingerprint density at radius 3 is 1.41 bits per heavy atom. The van der Waals surface area contributed by atoms with Crippen LogP contribution in [0.5, 0.6) is 0 Å². The second kappa shape index (κ2) is 5.73. The van der Waals surface area contributed by atoms with Crippen molar-refractivity contribution in [2.75, 3.05) is 4.47 Å². The molecule has 0 aliphatic heterocycles. The molecule has 11 heteroatoms. The van der Waals surface area contributed by atoms with Gasteiger partial charge in [-0.2, -0.15) is 8.42 Å². The van der Waals surface area contributed by atoms with Crippen LogP contribution >= 0.6 is 79.6 Å². The summed E-state index contributed by atoms with van der Waals surface area (Å²) in [5.74, 6) is 0. The average Bonchev–Trinajstić information content (AvgIpc) is 2.22. The van der Waals surface area contributed by atoms with Crippen LogP contribution in [0.2, 0.25) is 0 Å². The van der Waals surface area contributed by atoms with Crippen LogP contribution in [0.1, 0.15) is 0 Å². The molecule has 0 bridgehead atoms. The van der Waals surface area contributed by atoms with Crippen molar-refractivity contribution in [3.63, 3.8) is 0 Å². The van der Waals surface area contributed by atoms with Gasteiger partial charge in [0.15, 0.2) is 0 Å². The Kier molecular flexibility index (Phi) is 5.51. The molecule has 1 aromatic carbocycles. The maximum atomic E-state index is 10.9. The van der Waals surface area contributed by atoms with Gasteiger partial charge in [0.2, 0.25) is 0 Å². The third kappa shape index (κ3) is 3.25. The fourth-order valence-electron chi connectivity index (χ4n) is 0.877. The largest absolute Gasteiger partial charge is 0.382 e. The summed E-state index contributed by atoms with van der Waals surface area (Å²) < 4.78 is 32.3. The molecule has 0 amide bonds. The minimum Gasteiger partial charge on any atom is -0.272 e. The minimum atomic E-state index is -4.78. The SMILES string of the molecule is O=S(=O)(O)N(O)c1c(Br)c(Br)c(Br)c(Br)c1Br. The highest BCUT2D eigenvalue weighted by atomic mass is 79.9. The molecule has 1 aromatic rings. The minimum absolute atomic E-state index is 0.172. The van der Waals surface area contributed by atoms with Crippen molar-refractivity contribution >= 4 is 95.6 Å². The lowest BCUT2D eigenvalue weighted by Gasteiger charge is -2.19. The second-order valence-corrected chi connectivity index (χ2v) is 7.85. The van der Waals surface area contributed by atoms with E-state index < -0.39 is 10.3 Å². The number of benzene rings is 1. The molecule has 0 aliphatic rings. The van der Waals surface area contributed by atoms with E-state index in [-0.39, 0.29) is 19.1 Å². The first-order valence-corrected chi connectivity index (χ1v) is 8.93. The summed E-state index contributed by atoms with van der Waals surface area (Å²) in [6, 6.07) is 0. The van der Waals surface area contributed by atoms with E-state index in [1.165, 1.54) is 0 Å². The van der Waals surface area contributed by atoms with Crippen LogP contribution in [-0.2, 0) is 10.3 Å². The first kappa shape index (κ1) is 16.3. The van der Waals surface area contributed by atoms with Gasteiger partial charge in [-0.15, -0.1) is 4.47 Å². The Bertz CT molecular complexity index is 545. The Balaban J connectivity index is 3.67. The Labute approximate surface area is 139 Å². The van der Waals surface area contributed by atoms with Crippen molar-refractivity contribution in [3.8, 4) is 0 Å². The number of anilines is 1. The molecule has 5 nitrogen and oxygen atoms in total. The fourth-order valence-corrected chi connectivity index (χ4v) is 4.89. The van der Waals surface area contributed by atoms with Gasteiger partial charge in [-0.3, -0.25) is 9.76 Å². The lowest BCUT2D eigenvalue weighted by atomic mass is 10.3. The molecular weight excluding hydrogens is 582 g/mol. The molecule has 0 radical (unpaired) electrons. The summed E-state index contributed by atoms with van der Waals surface area (Å²) in [5, 5.41) is 9.44. The molecule has 1 rings (SSSR count). The molecule has 0 fully saturated rings. The predicted octanol–water partition coefficient (Wildman–Crippen LogP) is 4.50. The van der Waals surface area contributed by atoms with Crippen LogP contribution < -0.4 is 4.47 Å². The molecule has 2 N–H and O–H groups in total. The zero-order valence-corrected chi connectivity index (χ0v) is 16.2. The molecular formula is C6H2Br5NO4S. The van der Waals surface area contributed by atoms with E-state index in [1.807, 2.05) is 0 Å². The van der Waals surface area contributed by atoms with Crippen molar-refractivity contribution in [3.05, 3.63) is 22.4 Å². The van der Waals surface area contributed by atoms with E-state index in [0.29, 0.717) is 13.4 Å². The summed E-state index contributed by atoms with van der Waals surface area (Å²) in [4.78, 5) is 0. The lowest BCUT2D eigenvalue weighted by Crippen LogP contribution is -2.27. The van der Waals surface area contributed by atoms with Gasteiger partial charge in [0.1, 0.15) is 5.69 Å². The molecule has 0 atom stereocenters. The van der Waals surface area contributed by atoms with E-state index in [2.05, 4.69) is 79.6 Å². The molecule has 96 valence electrons. The smallest absolute Gasteiger partial charge is 0.272 e. The molecule has 17 heavy (non-hydrogen) atoms. The first-order valence-electron chi connectivity index (χ1n) is 3.57. The molecule has 0 saturated carbocycles. The molecule has 0 spiro atoms. The molecule has 0 aliphatic carbocycles. The normalized spacial score (nSPS) is 11.7. The Morgan fingerprint density at radius 2 is 1.12 bits per heavy atom. The monoisotopic (exact) mass is 579 g/mol. The van der Waals surface area contributed by atoms with Gasteiger partial charge in [-0.05, 0) is 79.6 Å². The average molecular weight is 584 g/mol. The summed E-state index contributed by atoms with van der Waals surface area (Å²) in [6.45, 7) is 0. The molecule has 0 heterocycles. The van der Waals surface area contributed by atoms with Crippen LogP contribution in [0, 0.1) is 0 Å². The second-order valence-electron chi connectivity index (χ2n) is 2.64. The van der Waals surface area contributed by atoms with E-state index in [9.17, 15) is 13.6 Å². The van der Waals surface area contributed by atoms with Crippen LogP contribution in [0.3, 0.4) is 0 Å². The van der Waals surface area contributed by atoms with Crippen LogP contribution in [-0.4, -0.2) is 18.2 Å². The van der Waals surface area contributed by atoms with Crippen LogP contribution in [0.4, 0.5) is 5.69 Å². The van der Waals surface area contributed by atoms with Gasteiger partial charge in [-0.25, -0.2) is 0 Å². The number of hydrogen-bond acceptors (Lipinski definition) is 3. The van der Waals surface area contributed by atoms with Crippen molar-refractivity contribution < 1.29 is 18.2 Å². The maximum absolute atomic E-state index is 10.9. The Hall–Kier alpha value is 1.29. The third-order valence-electron chi connectivity index (χ3n) is 1.60. The highest BCUT2D eigenvalue weighted by molar-refractivity contribution is 9.15. The number of halogens is 5. The fraction of sp³-hybridized carbons (Fsp3) is 0. The van der Waals surface area contributed by atoms with Gasteiger partial charge in [0, 0.05) is 13.4 Å². The summed E-state index contributed by atoms with van der Waals surface area (Å²) in [6.07, 6.45) is 0. The number of hydrogen-bond donors (Lipinski definition) is 2. The lowest BCUT2D eigenvalue weighted by molar-refractivity contribution is 0.295. The topological polar surface area (TPSA) is 77.8 Å². The number of rotatable bonds is 2. The van der Waals surface area contributed by atoms with Crippen molar-refractivity contribution in [2.45, 2.75) is 0 Å². The van der Waals surface area contributed by atoms with Crippen molar-refractivity contribution in [1.82, 2.24) is 0 Å². The molecule has 0 aromatic heterocycles. The maximum Gasteiger partial charge on any atom is 0.382 e. The van der Waals surface area contributed by atoms with Gasteiger partial charge in [0.05, 0.1) is 8.95 Å². The zero-order valence-electron chi connectivity index (χ0n) is 7.46. The van der Waals surface area contributed by atoms with Crippen LogP contribution in [0.15, 0.2) is 22.4 Å². The predicted molar refractivity (Wildman–Crippen MR) is 80.8 cm³/mol. The highest BCUT2D eigenvalue weighted by Gasteiger charge is 2.27. The van der Waals surface area contributed by atoms with Crippen molar-refractivity contribution in [2.24, 2.45) is 0 Å². The summed E-state index contributed by atoms with van der Waals surface area (Å²) in [7, 11) is -4.78. The molecule has 0 saturated heterocycles. The summed E-state index contributed by atoms with van der Waals surface area (Å²) in [5.41, 5.74) is -0.172. The third-order valence-corrected chi connectivity index (χ3v) is 8.27. The van der Waals surface area contributed by atoms with E-state index in [0.717, 1.165) is 0 Å². The first-order chi connectivity index (χ1) is 7.59.